The highest BCUT2D eigenvalue weighted by molar-refractivity contribution is 5.89. The van der Waals surface area contributed by atoms with Crippen LogP contribution in [0.3, 0.4) is 0 Å². The lowest BCUT2D eigenvalue weighted by Gasteiger charge is -2.23. The van der Waals surface area contributed by atoms with Gasteiger partial charge in [0, 0.05) is 7.05 Å². The summed E-state index contributed by atoms with van der Waals surface area (Å²) in [4.78, 5) is 23.9. The molecule has 4 N–H and O–H groups in total. The van der Waals surface area contributed by atoms with Crippen LogP contribution in [0.4, 0.5) is 0 Å². The molecule has 0 bridgehead atoms. The zero-order valence-corrected chi connectivity index (χ0v) is 12.7. The number of rotatable bonds is 9. The first-order valence-corrected chi connectivity index (χ1v) is 6.81. The van der Waals surface area contributed by atoms with Crippen molar-refractivity contribution in [3.8, 4) is 0 Å². The van der Waals surface area contributed by atoms with Crippen LogP contribution in [0.1, 0.15) is 26.7 Å². The van der Waals surface area contributed by atoms with Crippen LogP contribution in [0.25, 0.3) is 0 Å². The van der Waals surface area contributed by atoms with Crippen LogP contribution >= 0.6 is 0 Å². The molecule has 6 nitrogen and oxygen atoms in total. The van der Waals surface area contributed by atoms with E-state index in [0.29, 0.717) is 6.42 Å². The minimum absolute atomic E-state index is 0.129. The Hall–Kier alpha value is -1.14. The fraction of sp³-hybridized carbons (Fsp3) is 0.846. The second-order valence-corrected chi connectivity index (χ2v) is 4.93. The van der Waals surface area contributed by atoms with Gasteiger partial charge in [-0.15, -0.1) is 0 Å². The zero-order chi connectivity index (χ0) is 14.8. The molecule has 0 aliphatic heterocycles. The van der Waals surface area contributed by atoms with Gasteiger partial charge in [-0.1, -0.05) is 13.8 Å². The zero-order valence-electron chi connectivity index (χ0n) is 12.7. The van der Waals surface area contributed by atoms with Crippen molar-refractivity contribution < 1.29 is 9.59 Å². The molecule has 0 rings (SSSR count). The van der Waals surface area contributed by atoms with Gasteiger partial charge in [0.15, 0.2) is 0 Å². The molecule has 0 aromatic carbocycles. The molecule has 0 saturated carbocycles. The van der Waals surface area contributed by atoms with Gasteiger partial charge in [0.25, 0.3) is 0 Å². The van der Waals surface area contributed by atoms with Crippen molar-refractivity contribution in [2.24, 2.45) is 5.92 Å². The van der Waals surface area contributed by atoms with Gasteiger partial charge in [0.1, 0.15) is 6.04 Å². The highest BCUT2D eigenvalue weighted by Crippen LogP contribution is 2.03. The fourth-order valence-corrected chi connectivity index (χ4v) is 1.95. The number of nitrogens with one attached hydrogen (secondary N) is 4. The first kappa shape index (κ1) is 17.9. The molecule has 0 spiro atoms. The molecule has 2 unspecified atom stereocenters. The van der Waals surface area contributed by atoms with Crippen molar-refractivity contribution in [2.75, 3.05) is 27.7 Å². The maximum Gasteiger partial charge on any atom is 0.242 e. The van der Waals surface area contributed by atoms with Crippen LogP contribution in [0.5, 0.6) is 0 Å². The van der Waals surface area contributed by atoms with Gasteiger partial charge < -0.3 is 21.3 Å². The van der Waals surface area contributed by atoms with Gasteiger partial charge in [-0.05, 0) is 39.4 Å². The van der Waals surface area contributed by atoms with Crippen molar-refractivity contribution in [1.29, 1.82) is 0 Å². The molecule has 112 valence electrons. The van der Waals surface area contributed by atoms with E-state index in [2.05, 4.69) is 21.3 Å². The van der Waals surface area contributed by atoms with E-state index in [4.69, 9.17) is 0 Å². The minimum atomic E-state index is -0.472. The Labute approximate surface area is 116 Å². The smallest absolute Gasteiger partial charge is 0.242 e. The van der Waals surface area contributed by atoms with Crippen molar-refractivity contribution in [3.63, 3.8) is 0 Å². The molecule has 0 aromatic rings. The quantitative estimate of drug-likeness (QED) is 0.425. The third-order valence-corrected chi connectivity index (χ3v) is 3.06. The molecular weight excluding hydrogens is 244 g/mol. The average molecular weight is 272 g/mol. The number of carbonyl (C=O) groups is 2. The lowest BCUT2D eigenvalue weighted by Crippen LogP contribution is -2.53. The number of hydrogen-bond acceptors (Lipinski definition) is 4. The summed E-state index contributed by atoms with van der Waals surface area (Å²) in [5.41, 5.74) is 0. The topological polar surface area (TPSA) is 82.3 Å². The van der Waals surface area contributed by atoms with Crippen LogP contribution in [-0.2, 0) is 9.59 Å². The highest BCUT2D eigenvalue weighted by Gasteiger charge is 2.25. The third-order valence-electron chi connectivity index (χ3n) is 3.06. The monoisotopic (exact) mass is 272 g/mol. The molecule has 2 amide bonds. The minimum Gasteiger partial charge on any atom is -0.357 e. The van der Waals surface area contributed by atoms with Gasteiger partial charge in [-0.3, -0.25) is 9.59 Å². The van der Waals surface area contributed by atoms with Crippen LogP contribution in [-0.4, -0.2) is 51.6 Å². The summed E-state index contributed by atoms with van der Waals surface area (Å²) in [6.07, 6.45) is 1.46. The van der Waals surface area contributed by atoms with Gasteiger partial charge >= 0.3 is 0 Å². The van der Waals surface area contributed by atoms with Crippen molar-refractivity contribution >= 4 is 11.8 Å². The maximum absolute atomic E-state index is 12.1. The van der Waals surface area contributed by atoms with Crippen molar-refractivity contribution in [1.82, 2.24) is 21.3 Å². The van der Waals surface area contributed by atoms with Crippen molar-refractivity contribution in [2.45, 2.75) is 38.8 Å². The predicted molar refractivity (Wildman–Crippen MR) is 76.8 cm³/mol. The van der Waals surface area contributed by atoms with Gasteiger partial charge in [-0.25, -0.2) is 0 Å². The van der Waals surface area contributed by atoms with Gasteiger partial charge in [-0.2, -0.15) is 0 Å². The lowest BCUT2D eigenvalue weighted by molar-refractivity contribution is -0.130. The Balaban J connectivity index is 4.53. The summed E-state index contributed by atoms with van der Waals surface area (Å²) in [5, 5.41) is 11.4. The molecule has 2 atom stereocenters. The van der Waals surface area contributed by atoms with E-state index in [0.717, 1.165) is 13.0 Å². The largest absolute Gasteiger partial charge is 0.357 e. The first-order valence-electron chi connectivity index (χ1n) is 6.81. The molecule has 0 aliphatic rings. The molecule has 0 aliphatic carbocycles. The molecule has 6 heteroatoms. The SMILES string of the molecule is CNCCCC(NC(=O)C(NC)C(C)C)C(=O)NC. The van der Waals surface area contributed by atoms with Crippen LogP contribution in [0.2, 0.25) is 0 Å². The second-order valence-electron chi connectivity index (χ2n) is 4.93. The van der Waals surface area contributed by atoms with E-state index in [1.807, 2.05) is 20.9 Å². The number of carbonyl (C=O) groups excluding carboxylic acids is 2. The molecule has 0 fully saturated rings. The average Bonchev–Trinajstić information content (AvgIpc) is 2.37. The Kier molecular flexibility index (Phi) is 9.16. The van der Waals surface area contributed by atoms with E-state index in [1.165, 1.54) is 0 Å². The maximum atomic E-state index is 12.1. The molecular formula is C13H28N4O2. The molecule has 0 heterocycles. The lowest BCUT2D eigenvalue weighted by atomic mass is 10.0. The summed E-state index contributed by atoms with van der Waals surface area (Å²) in [6.45, 7) is 4.76. The Morgan fingerprint density at radius 2 is 1.68 bits per heavy atom. The number of likely N-dealkylation sites (N-methyl/N-ethyl adjacent to an activating group) is 2. The van der Waals surface area contributed by atoms with Crippen LogP contribution in [0.15, 0.2) is 0 Å². The summed E-state index contributed by atoms with van der Waals surface area (Å²) < 4.78 is 0. The summed E-state index contributed by atoms with van der Waals surface area (Å²) in [5.74, 6) is -0.105. The van der Waals surface area contributed by atoms with Gasteiger partial charge in [0.2, 0.25) is 11.8 Å². The molecule has 0 radical (unpaired) electrons. The second kappa shape index (κ2) is 9.75. The Morgan fingerprint density at radius 3 is 2.11 bits per heavy atom. The summed E-state index contributed by atoms with van der Waals surface area (Å²) in [7, 11) is 5.20. The van der Waals surface area contributed by atoms with Crippen LogP contribution in [0, 0.1) is 5.92 Å². The van der Waals surface area contributed by atoms with E-state index >= 15 is 0 Å². The van der Waals surface area contributed by atoms with Crippen LogP contribution < -0.4 is 21.3 Å². The predicted octanol–water partition coefficient (Wildman–Crippen LogP) is -0.539. The van der Waals surface area contributed by atoms with E-state index in [-0.39, 0.29) is 23.8 Å². The van der Waals surface area contributed by atoms with Gasteiger partial charge in [0.05, 0.1) is 6.04 Å². The summed E-state index contributed by atoms with van der Waals surface area (Å²) in [6, 6.07) is -0.753. The van der Waals surface area contributed by atoms with E-state index in [1.54, 1.807) is 14.1 Å². The molecule has 0 aromatic heterocycles. The standard InChI is InChI=1S/C13H28N4O2/c1-9(2)11(15-4)13(19)17-10(12(18)16-5)7-6-8-14-3/h9-11,14-15H,6-8H2,1-5H3,(H,16,18)(H,17,19). The molecule has 0 saturated heterocycles. The Bertz CT molecular complexity index is 282. The van der Waals surface area contributed by atoms with Crippen molar-refractivity contribution in [3.05, 3.63) is 0 Å². The summed E-state index contributed by atoms with van der Waals surface area (Å²) >= 11 is 0. The third kappa shape index (κ3) is 6.54. The highest BCUT2D eigenvalue weighted by atomic mass is 16.2. The molecule has 19 heavy (non-hydrogen) atoms. The normalized spacial score (nSPS) is 14.0. The number of amides is 2. The Morgan fingerprint density at radius 1 is 1.05 bits per heavy atom. The first-order chi connectivity index (χ1) is 8.97. The number of hydrogen-bond donors (Lipinski definition) is 4. The fourth-order valence-electron chi connectivity index (χ4n) is 1.95. The van der Waals surface area contributed by atoms with E-state index < -0.39 is 6.04 Å². The van der Waals surface area contributed by atoms with E-state index in [9.17, 15) is 9.59 Å².